The minimum absolute atomic E-state index is 0.179. The molecule has 0 bridgehead atoms. The second-order valence-electron chi connectivity index (χ2n) is 5.44. The maximum atomic E-state index is 13.9. The number of hydrogen-bond donors (Lipinski definition) is 2. The van der Waals surface area contributed by atoms with Crippen LogP contribution in [0.3, 0.4) is 0 Å². The SMILES string of the molecule is CC(C)(C)[S+]([O-])NC(CC(=O)O)c1cc(Br)cc(F)c1F. The van der Waals surface area contributed by atoms with Crippen molar-refractivity contribution in [3.8, 4) is 0 Å². The van der Waals surface area contributed by atoms with Gasteiger partial charge in [-0.1, -0.05) is 15.9 Å². The first-order valence-electron chi connectivity index (χ1n) is 6.06. The summed E-state index contributed by atoms with van der Waals surface area (Å²) >= 11 is 1.41. The van der Waals surface area contributed by atoms with Gasteiger partial charge in [-0.3, -0.25) is 4.79 Å². The summed E-state index contributed by atoms with van der Waals surface area (Å²) in [5.41, 5.74) is -0.179. The van der Waals surface area contributed by atoms with Gasteiger partial charge in [0.2, 0.25) is 0 Å². The Morgan fingerprint density at radius 2 is 2.05 bits per heavy atom. The highest BCUT2D eigenvalue weighted by atomic mass is 79.9. The van der Waals surface area contributed by atoms with Crippen LogP contribution in [0.4, 0.5) is 8.78 Å². The predicted molar refractivity (Wildman–Crippen MR) is 80.1 cm³/mol. The maximum absolute atomic E-state index is 13.9. The van der Waals surface area contributed by atoms with Crippen LogP contribution < -0.4 is 4.72 Å². The Hall–Kier alpha value is -0.700. The van der Waals surface area contributed by atoms with Crippen LogP contribution in [0.15, 0.2) is 16.6 Å². The molecule has 1 aromatic rings. The Balaban J connectivity index is 3.17. The molecular weight excluding hydrogens is 368 g/mol. The average Bonchev–Trinajstić information content (AvgIpc) is 2.31. The Morgan fingerprint density at radius 1 is 1.48 bits per heavy atom. The number of nitrogens with one attached hydrogen (secondary N) is 1. The van der Waals surface area contributed by atoms with E-state index in [2.05, 4.69) is 20.7 Å². The number of benzene rings is 1. The number of halogens is 3. The Morgan fingerprint density at radius 3 is 2.52 bits per heavy atom. The molecule has 4 nitrogen and oxygen atoms in total. The zero-order valence-corrected chi connectivity index (χ0v) is 14.1. The van der Waals surface area contributed by atoms with E-state index < -0.39 is 46.2 Å². The van der Waals surface area contributed by atoms with E-state index in [9.17, 15) is 18.1 Å². The number of hydrogen-bond acceptors (Lipinski definition) is 3. The van der Waals surface area contributed by atoms with Crippen molar-refractivity contribution in [3.63, 3.8) is 0 Å². The smallest absolute Gasteiger partial charge is 0.305 e. The van der Waals surface area contributed by atoms with Crippen molar-refractivity contribution in [1.82, 2.24) is 4.72 Å². The predicted octanol–water partition coefficient (Wildman–Crippen LogP) is 3.29. The van der Waals surface area contributed by atoms with Gasteiger partial charge in [-0.15, -0.1) is 4.72 Å². The van der Waals surface area contributed by atoms with Gasteiger partial charge in [0.25, 0.3) is 0 Å². The zero-order valence-electron chi connectivity index (χ0n) is 11.7. The fourth-order valence-electron chi connectivity index (χ4n) is 1.53. The van der Waals surface area contributed by atoms with E-state index in [1.165, 1.54) is 6.07 Å². The molecule has 118 valence electrons. The molecule has 0 aliphatic carbocycles. The van der Waals surface area contributed by atoms with Crippen LogP contribution in [0.1, 0.15) is 38.8 Å². The largest absolute Gasteiger partial charge is 0.598 e. The van der Waals surface area contributed by atoms with E-state index in [1.54, 1.807) is 20.8 Å². The molecule has 0 amide bonds. The molecule has 2 unspecified atom stereocenters. The van der Waals surface area contributed by atoms with Crippen LogP contribution in [-0.2, 0) is 16.2 Å². The van der Waals surface area contributed by atoms with Crippen molar-refractivity contribution in [2.75, 3.05) is 0 Å². The molecule has 0 saturated heterocycles. The van der Waals surface area contributed by atoms with Crippen LogP contribution in [0.5, 0.6) is 0 Å². The average molecular weight is 384 g/mol. The molecule has 2 atom stereocenters. The molecule has 8 heteroatoms. The fourth-order valence-corrected chi connectivity index (χ4v) is 2.80. The molecule has 0 heterocycles. The van der Waals surface area contributed by atoms with Crippen LogP contribution >= 0.6 is 15.9 Å². The minimum atomic E-state index is -1.62. The van der Waals surface area contributed by atoms with Gasteiger partial charge in [-0.25, -0.2) is 8.78 Å². The van der Waals surface area contributed by atoms with Gasteiger partial charge in [0.05, 0.1) is 12.5 Å². The Bertz CT molecular complexity index is 537. The summed E-state index contributed by atoms with van der Waals surface area (Å²) in [5, 5.41) is 8.92. The van der Waals surface area contributed by atoms with Gasteiger partial charge in [0, 0.05) is 21.4 Å². The van der Waals surface area contributed by atoms with E-state index in [1.807, 2.05) is 0 Å². The van der Waals surface area contributed by atoms with Crippen LogP contribution in [-0.4, -0.2) is 20.4 Å². The number of carboxylic acids is 1. The number of carboxylic acid groups (broad SMARTS) is 1. The molecular formula is C13H16BrF2NO3S. The van der Waals surface area contributed by atoms with Crippen molar-refractivity contribution >= 4 is 33.3 Å². The molecule has 21 heavy (non-hydrogen) atoms. The van der Waals surface area contributed by atoms with E-state index in [4.69, 9.17) is 5.11 Å². The molecule has 2 N–H and O–H groups in total. The lowest BCUT2D eigenvalue weighted by atomic mass is 10.0. The highest BCUT2D eigenvalue weighted by Gasteiger charge is 2.32. The van der Waals surface area contributed by atoms with E-state index >= 15 is 0 Å². The lowest BCUT2D eigenvalue weighted by molar-refractivity contribution is -0.137. The molecule has 0 aliphatic heterocycles. The van der Waals surface area contributed by atoms with Crippen molar-refractivity contribution in [1.29, 1.82) is 0 Å². The Kier molecular flexibility index (Phi) is 6.15. The number of rotatable bonds is 5. The molecule has 0 aromatic heterocycles. The van der Waals surface area contributed by atoms with Gasteiger partial charge in [0.1, 0.15) is 4.75 Å². The van der Waals surface area contributed by atoms with Crippen molar-refractivity contribution in [2.24, 2.45) is 0 Å². The zero-order chi connectivity index (χ0) is 16.4. The Labute approximate surface area is 133 Å². The summed E-state index contributed by atoms with van der Waals surface area (Å²) < 4.78 is 41.6. The fraction of sp³-hybridized carbons (Fsp3) is 0.462. The molecule has 0 aliphatic rings. The van der Waals surface area contributed by atoms with E-state index in [0.717, 1.165) is 6.07 Å². The summed E-state index contributed by atoms with van der Waals surface area (Å²) in [4.78, 5) is 10.9. The lowest BCUT2D eigenvalue weighted by Crippen LogP contribution is -2.42. The monoisotopic (exact) mass is 383 g/mol. The molecule has 0 radical (unpaired) electrons. The highest BCUT2D eigenvalue weighted by Crippen LogP contribution is 2.28. The summed E-state index contributed by atoms with van der Waals surface area (Å²) in [5.74, 6) is -3.46. The first kappa shape index (κ1) is 18.3. The third kappa shape index (κ3) is 5.21. The summed E-state index contributed by atoms with van der Waals surface area (Å²) in [7, 11) is 0. The van der Waals surface area contributed by atoms with Crippen LogP contribution in [0.25, 0.3) is 0 Å². The van der Waals surface area contributed by atoms with Gasteiger partial charge in [0.15, 0.2) is 11.6 Å². The first-order valence-corrected chi connectivity index (χ1v) is 8.01. The summed E-state index contributed by atoms with van der Waals surface area (Å²) in [6, 6.07) is 1.12. The highest BCUT2D eigenvalue weighted by molar-refractivity contribution is 9.10. The van der Waals surface area contributed by atoms with Crippen LogP contribution in [0, 0.1) is 11.6 Å². The summed E-state index contributed by atoms with van der Waals surface area (Å²) in [6.07, 6.45) is -0.519. The third-order valence-corrected chi connectivity index (χ3v) is 4.65. The normalized spacial score (nSPS) is 14.8. The van der Waals surface area contributed by atoms with Crippen molar-refractivity contribution < 1.29 is 23.2 Å². The number of carbonyl (C=O) groups is 1. The second kappa shape index (κ2) is 7.04. The van der Waals surface area contributed by atoms with Gasteiger partial charge in [-0.2, -0.15) is 0 Å². The molecule has 0 fully saturated rings. The van der Waals surface area contributed by atoms with Crippen molar-refractivity contribution in [3.05, 3.63) is 33.8 Å². The quantitative estimate of drug-likeness (QED) is 0.604. The van der Waals surface area contributed by atoms with Crippen LogP contribution in [0.2, 0.25) is 0 Å². The molecule has 0 saturated carbocycles. The van der Waals surface area contributed by atoms with Crippen molar-refractivity contribution in [2.45, 2.75) is 38.0 Å². The van der Waals surface area contributed by atoms with Gasteiger partial charge >= 0.3 is 5.97 Å². The standard InChI is InChI=1S/C13H16BrF2NO3S/c1-13(2,3)21(20)17-10(6-11(18)19)8-4-7(14)5-9(15)12(8)16/h4-5,10,17H,6H2,1-3H3,(H,18,19). The number of aliphatic carboxylic acids is 1. The maximum Gasteiger partial charge on any atom is 0.305 e. The molecule has 1 aromatic carbocycles. The first-order chi connectivity index (χ1) is 9.52. The lowest BCUT2D eigenvalue weighted by Gasteiger charge is -2.27. The molecule has 1 rings (SSSR count). The summed E-state index contributed by atoms with van der Waals surface area (Å²) in [6.45, 7) is 5.06. The van der Waals surface area contributed by atoms with Gasteiger partial charge in [-0.05, 0) is 32.9 Å². The van der Waals surface area contributed by atoms with Gasteiger partial charge < -0.3 is 9.66 Å². The second-order valence-corrected chi connectivity index (χ2v) is 8.35. The molecule has 0 spiro atoms. The minimum Gasteiger partial charge on any atom is -0.598 e. The van der Waals surface area contributed by atoms with E-state index in [-0.39, 0.29) is 10.0 Å². The third-order valence-electron chi connectivity index (χ3n) is 2.58. The topological polar surface area (TPSA) is 72.4 Å². The van der Waals surface area contributed by atoms with E-state index in [0.29, 0.717) is 0 Å².